The highest BCUT2D eigenvalue weighted by atomic mass is 16.1. The van der Waals surface area contributed by atoms with Gasteiger partial charge in [0.05, 0.1) is 0 Å². The van der Waals surface area contributed by atoms with E-state index in [9.17, 15) is 4.79 Å². The lowest BCUT2D eigenvalue weighted by Gasteiger charge is -2.14. The number of benzene rings is 1. The fraction of sp³-hybridized carbons (Fsp3) is 0.611. The smallest absolute Gasteiger partial charge is 0.224 e. The van der Waals surface area contributed by atoms with Crippen molar-refractivity contribution >= 4 is 11.6 Å². The summed E-state index contributed by atoms with van der Waals surface area (Å²) in [6.07, 6.45) is 10.3. The molecule has 1 fully saturated rings. The maximum absolute atomic E-state index is 12.2. The van der Waals surface area contributed by atoms with Crippen LogP contribution >= 0.6 is 0 Å². The van der Waals surface area contributed by atoms with Gasteiger partial charge in [0.25, 0.3) is 0 Å². The van der Waals surface area contributed by atoms with E-state index >= 15 is 0 Å². The zero-order valence-corrected chi connectivity index (χ0v) is 12.9. The maximum atomic E-state index is 12.2. The number of aryl methyl sites for hydroxylation is 1. The number of nitrogens with one attached hydrogen (secondary N) is 1. The predicted octanol–water partition coefficient (Wildman–Crippen LogP) is 3.88. The third-order valence-electron chi connectivity index (χ3n) is 4.33. The van der Waals surface area contributed by atoms with Crippen LogP contribution in [0, 0.1) is 5.92 Å². The van der Waals surface area contributed by atoms with Crippen LogP contribution in [0.15, 0.2) is 24.3 Å². The number of nitrogens with two attached hydrogens (primary N) is 1. The lowest BCUT2D eigenvalue weighted by atomic mass is 9.96. The van der Waals surface area contributed by atoms with E-state index < -0.39 is 0 Å². The molecule has 0 radical (unpaired) electrons. The average Bonchev–Trinajstić information content (AvgIpc) is 2.74. The maximum Gasteiger partial charge on any atom is 0.224 e. The van der Waals surface area contributed by atoms with E-state index in [2.05, 4.69) is 17.4 Å². The molecule has 0 heterocycles. The highest BCUT2D eigenvalue weighted by Gasteiger charge is 2.16. The summed E-state index contributed by atoms with van der Waals surface area (Å²) in [6.45, 7) is 0.707. The van der Waals surface area contributed by atoms with Gasteiger partial charge in [0, 0.05) is 12.1 Å². The monoisotopic (exact) mass is 288 g/mol. The first-order chi connectivity index (χ1) is 10.3. The van der Waals surface area contributed by atoms with Crippen LogP contribution in [0.2, 0.25) is 0 Å². The van der Waals surface area contributed by atoms with Crippen LogP contribution in [-0.2, 0) is 11.2 Å². The Morgan fingerprint density at radius 2 is 1.95 bits per heavy atom. The van der Waals surface area contributed by atoms with Crippen LogP contribution in [0.3, 0.4) is 0 Å². The molecule has 2 rings (SSSR count). The van der Waals surface area contributed by atoms with Gasteiger partial charge in [0.1, 0.15) is 0 Å². The van der Waals surface area contributed by atoms with E-state index in [0.29, 0.717) is 18.9 Å². The quantitative estimate of drug-likeness (QED) is 0.781. The van der Waals surface area contributed by atoms with E-state index in [1.54, 1.807) is 0 Å². The van der Waals surface area contributed by atoms with Gasteiger partial charge in [0.15, 0.2) is 0 Å². The van der Waals surface area contributed by atoms with Crippen LogP contribution in [-0.4, -0.2) is 12.5 Å². The molecule has 1 amide bonds. The minimum Gasteiger partial charge on any atom is -0.330 e. The molecule has 0 bridgehead atoms. The topological polar surface area (TPSA) is 55.1 Å². The molecule has 3 heteroatoms. The largest absolute Gasteiger partial charge is 0.330 e. The Labute approximate surface area is 128 Å². The summed E-state index contributed by atoms with van der Waals surface area (Å²) in [4.78, 5) is 12.2. The van der Waals surface area contributed by atoms with Crippen molar-refractivity contribution in [1.82, 2.24) is 0 Å². The summed E-state index contributed by atoms with van der Waals surface area (Å²) in [6, 6.07) is 8.14. The fourth-order valence-electron chi connectivity index (χ4n) is 3.15. The normalized spacial score (nSPS) is 16.4. The van der Waals surface area contributed by atoms with E-state index in [1.807, 2.05) is 12.1 Å². The molecule has 0 atom stereocenters. The molecule has 1 aliphatic rings. The van der Waals surface area contributed by atoms with Gasteiger partial charge in [-0.15, -0.1) is 0 Å². The van der Waals surface area contributed by atoms with Crippen molar-refractivity contribution in [3.05, 3.63) is 29.8 Å². The third-order valence-corrected chi connectivity index (χ3v) is 4.33. The third kappa shape index (κ3) is 5.88. The minimum absolute atomic E-state index is 0.165. The number of amides is 1. The summed E-state index contributed by atoms with van der Waals surface area (Å²) < 4.78 is 0. The van der Waals surface area contributed by atoms with E-state index in [0.717, 1.165) is 18.5 Å². The van der Waals surface area contributed by atoms with Crippen LogP contribution in [0.1, 0.15) is 56.9 Å². The molecule has 1 aromatic rings. The molecular formula is C18H28N2O. The minimum atomic E-state index is 0.165. The average molecular weight is 288 g/mol. The molecule has 1 saturated carbocycles. The molecule has 0 aromatic heterocycles. The van der Waals surface area contributed by atoms with Gasteiger partial charge >= 0.3 is 0 Å². The van der Waals surface area contributed by atoms with Crippen molar-refractivity contribution in [2.45, 2.75) is 57.8 Å². The highest BCUT2D eigenvalue weighted by Crippen LogP contribution is 2.25. The van der Waals surface area contributed by atoms with E-state index in [1.165, 1.54) is 44.1 Å². The lowest BCUT2D eigenvalue weighted by molar-refractivity contribution is -0.117. The van der Waals surface area contributed by atoms with Crippen molar-refractivity contribution in [3.8, 4) is 0 Å². The Kier molecular flexibility index (Phi) is 6.74. The van der Waals surface area contributed by atoms with Crippen LogP contribution in [0.25, 0.3) is 0 Å². The van der Waals surface area contributed by atoms with Crippen molar-refractivity contribution < 1.29 is 4.79 Å². The Morgan fingerprint density at radius 3 is 2.67 bits per heavy atom. The van der Waals surface area contributed by atoms with Crippen LogP contribution in [0.5, 0.6) is 0 Å². The fourth-order valence-corrected chi connectivity index (χ4v) is 3.15. The molecule has 1 aromatic carbocycles. The second-order valence-electron chi connectivity index (χ2n) is 6.20. The van der Waals surface area contributed by atoms with Gasteiger partial charge in [-0.25, -0.2) is 0 Å². The number of rotatable bonds is 6. The Balaban J connectivity index is 1.83. The summed E-state index contributed by atoms with van der Waals surface area (Å²) in [7, 11) is 0. The molecule has 3 N–H and O–H groups in total. The van der Waals surface area contributed by atoms with Gasteiger partial charge in [-0.05, 0) is 55.8 Å². The molecule has 0 unspecified atom stereocenters. The molecule has 1 aliphatic carbocycles. The van der Waals surface area contributed by atoms with Gasteiger partial charge < -0.3 is 11.1 Å². The van der Waals surface area contributed by atoms with Gasteiger partial charge in [0.2, 0.25) is 5.91 Å². The summed E-state index contributed by atoms with van der Waals surface area (Å²) in [5.41, 5.74) is 7.71. The van der Waals surface area contributed by atoms with Crippen LogP contribution < -0.4 is 11.1 Å². The second-order valence-corrected chi connectivity index (χ2v) is 6.20. The zero-order chi connectivity index (χ0) is 14.9. The Morgan fingerprint density at radius 1 is 1.19 bits per heavy atom. The van der Waals surface area contributed by atoms with Gasteiger partial charge in [-0.2, -0.15) is 0 Å². The number of carbonyl (C=O) groups excluding carboxylic acids is 1. The van der Waals surface area contributed by atoms with Crippen molar-refractivity contribution in [2.24, 2.45) is 11.7 Å². The predicted molar refractivity (Wildman–Crippen MR) is 88.3 cm³/mol. The standard InChI is InChI=1S/C18H28N2O/c19-12-6-10-15-9-5-11-17(13-15)20-18(21)14-16-7-3-1-2-4-8-16/h5,9,11,13,16H,1-4,6-8,10,12,14,19H2,(H,20,21). The second kappa shape index (κ2) is 8.83. The molecule has 0 aliphatic heterocycles. The molecule has 3 nitrogen and oxygen atoms in total. The van der Waals surface area contributed by atoms with Crippen LogP contribution in [0.4, 0.5) is 5.69 Å². The first-order valence-corrected chi connectivity index (χ1v) is 8.37. The van der Waals surface area contributed by atoms with Crippen molar-refractivity contribution in [3.63, 3.8) is 0 Å². The summed E-state index contributed by atoms with van der Waals surface area (Å²) >= 11 is 0. The number of carbonyl (C=O) groups is 1. The molecule has 0 spiro atoms. The lowest BCUT2D eigenvalue weighted by Crippen LogP contribution is -2.16. The summed E-state index contributed by atoms with van der Waals surface area (Å²) in [5.74, 6) is 0.741. The van der Waals surface area contributed by atoms with Gasteiger partial charge in [-0.1, -0.05) is 37.8 Å². The summed E-state index contributed by atoms with van der Waals surface area (Å²) in [5, 5.41) is 3.06. The number of anilines is 1. The molecule has 116 valence electrons. The van der Waals surface area contributed by atoms with Gasteiger partial charge in [-0.3, -0.25) is 4.79 Å². The molecule has 0 saturated heterocycles. The zero-order valence-electron chi connectivity index (χ0n) is 12.9. The van der Waals surface area contributed by atoms with Crippen molar-refractivity contribution in [1.29, 1.82) is 0 Å². The van der Waals surface area contributed by atoms with E-state index in [-0.39, 0.29) is 5.91 Å². The Bertz CT molecular complexity index is 437. The number of hydrogen-bond acceptors (Lipinski definition) is 2. The SMILES string of the molecule is NCCCc1cccc(NC(=O)CC2CCCCCC2)c1. The molecule has 21 heavy (non-hydrogen) atoms. The van der Waals surface area contributed by atoms with E-state index in [4.69, 9.17) is 5.73 Å². The molecular weight excluding hydrogens is 260 g/mol. The Hall–Kier alpha value is -1.35. The van der Waals surface area contributed by atoms with Crippen molar-refractivity contribution in [2.75, 3.05) is 11.9 Å². The highest BCUT2D eigenvalue weighted by molar-refractivity contribution is 5.90. The first kappa shape index (κ1) is 16.0. The first-order valence-electron chi connectivity index (χ1n) is 8.37. The number of hydrogen-bond donors (Lipinski definition) is 2.